The molecule has 0 saturated heterocycles. The van der Waals surface area contributed by atoms with E-state index in [-0.39, 0.29) is 5.91 Å². The van der Waals surface area contributed by atoms with Crippen molar-refractivity contribution in [1.82, 2.24) is 15.0 Å². The second kappa shape index (κ2) is 6.10. The maximum atomic E-state index is 12.3. The first-order valence-corrected chi connectivity index (χ1v) is 7.57. The summed E-state index contributed by atoms with van der Waals surface area (Å²) in [4.78, 5) is 12.3. The summed E-state index contributed by atoms with van der Waals surface area (Å²) < 4.78 is 1.40. The number of rotatable bonds is 4. The zero-order valence-electron chi connectivity index (χ0n) is 12.9. The first kappa shape index (κ1) is 14.4. The number of carbonyl (C=O) groups is 1. The van der Waals surface area contributed by atoms with Crippen LogP contribution in [-0.4, -0.2) is 20.9 Å². The van der Waals surface area contributed by atoms with Gasteiger partial charge in [-0.25, -0.2) is 0 Å². The third-order valence-electron chi connectivity index (χ3n) is 3.86. The van der Waals surface area contributed by atoms with E-state index in [1.807, 2.05) is 24.3 Å². The summed E-state index contributed by atoms with van der Waals surface area (Å²) in [6.07, 6.45) is 1.14. The van der Waals surface area contributed by atoms with Crippen LogP contribution in [0.2, 0.25) is 0 Å². The van der Waals surface area contributed by atoms with E-state index in [1.165, 1.54) is 15.8 Å². The summed E-state index contributed by atoms with van der Waals surface area (Å²) in [6.45, 7) is 4.35. The van der Waals surface area contributed by atoms with Crippen molar-refractivity contribution in [2.24, 2.45) is 0 Å². The van der Waals surface area contributed by atoms with Gasteiger partial charge in [0.15, 0.2) is 0 Å². The van der Waals surface area contributed by atoms with Gasteiger partial charge in [-0.05, 0) is 35.6 Å². The number of hydrogen-bond donors (Lipinski definition) is 0. The van der Waals surface area contributed by atoms with E-state index in [9.17, 15) is 4.79 Å². The molecule has 112 valence electrons. The first-order valence-electron chi connectivity index (χ1n) is 7.57. The van der Waals surface area contributed by atoms with Crippen LogP contribution in [-0.2, 0) is 6.42 Å². The Hall–Kier alpha value is -2.49. The van der Waals surface area contributed by atoms with Crippen molar-refractivity contribution in [3.05, 3.63) is 59.7 Å². The summed E-state index contributed by atoms with van der Waals surface area (Å²) in [5.74, 6) is 0.499. The Morgan fingerprint density at radius 2 is 1.82 bits per heavy atom. The molecule has 0 radical (unpaired) electrons. The topological polar surface area (TPSA) is 47.8 Å². The second-order valence-corrected chi connectivity index (χ2v) is 5.78. The SMILES string of the molecule is CC(C)c1ccc(CCC(=O)n2nnc3ccccc32)cc1. The van der Waals surface area contributed by atoms with Crippen LogP contribution in [0.3, 0.4) is 0 Å². The summed E-state index contributed by atoms with van der Waals surface area (Å²) in [7, 11) is 0. The van der Waals surface area contributed by atoms with Crippen LogP contribution >= 0.6 is 0 Å². The predicted octanol–water partition coefficient (Wildman–Crippen LogP) is 3.83. The molecule has 0 spiro atoms. The van der Waals surface area contributed by atoms with Crippen LogP contribution in [0.1, 0.15) is 42.1 Å². The summed E-state index contributed by atoms with van der Waals surface area (Å²) in [5, 5.41) is 7.98. The van der Waals surface area contributed by atoms with Crippen LogP contribution in [0.5, 0.6) is 0 Å². The van der Waals surface area contributed by atoms with Gasteiger partial charge < -0.3 is 0 Å². The molecule has 1 aromatic heterocycles. The highest BCUT2D eigenvalue weighted by Crippen LogP contribution is 2.16. The number of aromatic nitrogens is 3. The molecule has 4 heteroatoms. The van der Waals surface area contributed by atoms with Crippen molar-refractivity contribution in [3.8, 4) is 0 Å². The van der Waals surface area contributed by atoms with Gasteiger partial charge in [-0.3, -0.25) is 4.79 Å². The largest absolute Gasteiger partial charge is 0.272 e. The fraction of sp³-hybridized carbons (Fsp3) is 0.278. The molecule has 0 N–H and O–H groups in total. The number of benzene rings is 2. The van der Waals surface area contributed by atoms with Crippen molar-refractivity contribution in [3.63, 3.8) is 0 Å². The molecule has 0 saturated carbocycles. The lowest BCUT2D eigenvalue weighted by molar-refractivity contribution is 0.0890. The molecule has 0 bridgehead atoms. The molecule has 0 atom stereocenters. The Labute approximate surface area is 129 Å². The van der Waals surface area contributed by atoms with Crippen LogP contribution < -0.4 is 0 Å². The van der Waals surface area contributed by atoms with Crippen LogP contribution in [0.25, 0.3) is 11.0 Å². The van der Waals surface area contributed by atoms with Crippen molar-refractivity contribution >= 4 is 16.9 Å². The predicted molar refractivity (Wildman–Crippen MR) is 87.0 cm³/mol. The number of aryl methyl sites for hydroxylation is 1. The minimum atomic E-state index is -0.0263. The lowest BCUT2D eigenvalue weighted by Crippen LogP contribution is -2.13. The number of carbonyl (C=O) groups excluding carboxylic acids is 1. The van der Waals surface area contributed by atoms with Gasteiger partial charge in [0, 0.05) is 6.42 Å². The molecule has 0 aliphatic rings. The van der Waals surface area contributed by atoms with Gasteiger partial charge in [0.05, 0.1) is 5.52 Å². The molecule has 3 rings (SSSR count). The highest BCUT2D eigenvalue weighted by molar-refractivity contribution is 5.88. The van der Waals surface area contributed by atoms with E-state index in [4.69, 9.17) is 0 Å². The first-order chi connectivity index (χ1) is 10.6. The van der Waals surface area contributed by atoms with Crippen molar-refractivity contribution in [1.29, 1.82) is 0 Å². The number of hydrogen-bond acceptors (Lipinski definition) is 3. The van der Waals surface area contributed by atoms with Gasteiger partial charge in [0.25, 0.3) is 0 Å². The lowest BCUT2D eigenvalue weighted by atomic mass is 10.0. The number of para-hydroxylation sites is 1. The average molecular weight is 293 g/mol. The maximum Gasteiger partial charge on any atom is 0.249 e. The van der Waals surface area contributed by atoms with Gasteiger partial charge in [-0.15, -0.1) is 5.10 Å². The third kappa shape index (κ3) is 2.91. The van der Waals surface area contributed by atoms with E-state index in [0.717, 1.165) is 11.0 Å². The fourth-order valence-electron chi connectivity index (χ4n) is 2.48. The molecule has 0 unspecified atom stereocenters. The highest BCUT2D eigenvalue weighted by Gasteiger charge is 2.11. The van der Waals surface area contributed by atoms with Crippen LogP contribution in [0, 0.1) is 0 Å². The number of nitrogens with zero attached hydrogens (tertiary/aromatic N) is 3. The van der Waals surface area contributed by atoms with Crippen molar-refractivity contribution in [2.45, 2.75) is 32.6 Å². The van der Waals surface area contributed by atoms with E-state index >= 15 is 0 Å². The smallest absolute Gasteiger partial charge is 0.249 e. The minimum Gasteiger partial charge on any atom is -0.272 e. The minimum absolute atomic E-state index is 0.0263. The molecule has 0 aliphatic carbocycles. The Kier molecular flexibility index (Phi) is 4.00. The Bertz CT molecular complexity index is 787. The molecule has 22 heavy (non-hydrogen) atoms. The zero-order valence-corrected chi connectivity index (χ0v) is 12.9. The molecule has 0 amide bonds. The zero-order chi connectivity index (χ0) is 15.5. The number of fused-ring (bicyclic) bond motifs is 1. The van der Waals surface area contributed by atoms with Crippen molar-refractivity contribution < 1.29 is 4.79 Å². The van der Waals surface area contributed by atoms with Gasteiger partial charge in [0.1, 0.15) is 5.52 Å². The fourth-order valence-corrected chi connectivity index (χ4v) is 2.48. The Morgan fingerprint density at radius 1 is 1.09 bits per heavy atom. The molecule has 0 fully saturated rings. The lowest BCUT2D eigenvalue weighted by Gasteiger charge is -2.06. The Balaban J connectivity index is 1.69. The average Bonchev–Trinajstić information content (AvgIpc) is 2.97. The van der Waals surface area contributed by atoms with Crippen molar-refractivity contribution in [2.75, 3.05) is 0 Å². The molecule has 3 aromatic rings. The maximum absolute atomic E-state index is 12.3. The molecular weight excluding hydrogens is 274 g/mol. The van der Waals surface area contributed by atoms with Crippen LogP contribution in [0.15, 0.2) is 48.5 Å². The summed E-state index contributed by atoms with van der Waals surface area (Å²) >= 11 is 0. The van der Waals surface area contributed by atoms with E-state index < -0.39 is 0 Å². The van der Waals surface area contributed by atoms with Crippen LogP contribution in [0.4, 0.5) is 0 Å². The summed E-state index contributed by atoms with van der Waals surface area (Å²) in [6, 6.07) is 16.0. The quantitative estimate of drug-likeness (QED) is 0.734. The molecule has 0 aliphatic heterocycles. The van der Waals surface area contributed by atoms with Gasteiger partial charge in [0.2, 0.25) is 5.91 Å². The summed E-state index contributed by atoms with van der Waals surface area (Å²) in [5.41, 5.74) is 4.00. The Morgan fingerprint density at radius 3 is 2.55 bits per heavy atom. The molecule has 1 heterocycles. The highest BCUT2D eigenvalue weighted by atomic mass is 16.2. The molecule has 2 aromatic carbocycles. The normalized spacial score (nSPS) is 11.2. The van der Waals surface area contributed by atoms with Gasteiger partial charge in [-0.2, -0.15) is 4.68 Å². The van der Waals surface area contributed by atoms with Gasteiger partial charge >= 0.3 is 0 Å². The van der Waals surface area contributed by atoms with E-state index in [1.54, 1.807) is 0 Å². The third-order valence-corrected chi connectivity index (χ3v) is 3.86. The molecule has 4 nitrogen and oxygen atoms in total. The second-order valence-electron chi connectivity index (χ2n) is 5.78. The monoisotopic (exact) mass is 293 g/mol. The van der Waals surface area contributed by atoms with E-state index in [2.05, 4.69) is 48.4 Å². The standard InChI is InChI=1S/C18H19N3O/c1-13(2)15-10-7-14(8-11-15)9-12-18(22)21-17-6-4-3-5-16(17)19-20-21/h3-8,10-11,13H,9,12H2,1-2H3. The van der Waals surface area contributed by atoms with E-state index in [0.29, 0.717) is 18.8 Å². The molecular formula is C18H19N3O. The van der Waals surface area contributed by atoms with Gasteiger partial charge in [-0.1, -0.05) is 55.5 Å².